The van der Waals surface area contributed by atoms with Gasteiger partial charge in [-0.25, -0.2) is 9.97 Å². The first-order valence-electron chi connectivity index (χ1n) is 6.38. The van der Waals surface area contributed by atoms with Gasteiger partial charge in [-0.2, -0.15) is 0 Å². The zero-order valence-electron chi connectivity index (χ0n) is 11.3. The van der Waals surface area contributed by atoms with Crippen LogP contribution in [0.15, 0.2) is 30.7 Å². The van der Waals surface area contributed by atoms with Crippen molar-refractivity contribution in [2.24, 2.45) is 0 Å². The van der Waals surface area contributed by atoms with Crippen LogP contribution in [0.4, 0.5) is 5.82 Å². The van der Waals surface area contributed by atoms with E-state index in [0.717, 1.165) is 23.5 Å². The SMILES string of the molecule is CCCOc1ccc(CNc2cncc(C)n2)cn1. The molecular formula is C14H18N4O. The van der Waals surface area contributed by atoms with Crippen LogP contribution in [-0.2, 0) is 6.54 Å². The van der Waals surface area contributed by atoms with E-state index in [0.29, 0.717) is 19.0 Å². The quantitative estimate of drug-likeness (QED) is 0.863. The summed E-state index contributed by atoms with van der Waals surface area (Å²) in [5.74, 6) is 1.44. The Labute approximate surface area is 113 Å². The van der Waals surface area contributed by atoms with Crippen LogP contribution in [0.2, 0.25) is 0 Å². The predicted octanol–water partition coefficient (Wildman–Crippen LogP) is 2.58. The summed E-state index contributed by atoms with van der Waals surface area (Å²) in [6, 6.07) is 3.88. The standard InChI is InChI=1S/C14H18N4O/c1-3-6-19-14-5-4-12(9-17-14)8-16-13-10-15-7-11(2)18-13/h4-5,7,9-10H,3,6,8H2,1-2H3,(H,16,18). The largest absolute Gasteiger partial charge is 0.478 e. The highest BCUT2D eigenvalue weighted by Crippen LogP contribution is 2.09. The van der Waals surface area contributed by atoms with E-state index in [-0.39, 0.29) is 0 Å². The van der Waals surface area contributed by atoms with Crippen molar-refractivity contribution < 1.29 is 4.74 Å². The molecule has 0 aliphatic heterocycles. The number of aryl methyl sites for hydroxylation is 1. The Kier molecular flexibility index (Phi) is 4.66. The summed E-state index contributed by atoms with van der Waals surface area (Å²) in [6.07, 6.45) is 6.23. The molecule has 0 atom stereocenters. The lowest BCUT2D eigenvalue weighted by Crippen LogP contribution is -2.03. The summed E-state index contributed by atoms with van der Waals surface area (Å²) in [5, 5.41) is 3.21. The van der Waals surface area contributed by atoms with Crippen molar-refractivity contribution in [3.05, 3.63) is 42.0 Å². The van der Waals surface area contributed by atoms with Crippen LogP contribution in [0.1, 0.15) is 24.6 Å². The Bertz CT molecular complexity index is 513. The third-order valence-corrected chi connectivity index (χ3v) is 2.48. The van der Waals surface area contributed by atoms with E-state index < -0.39 is 0 Å². The molecule has 100 valence electrons. The zero-order chi connectivity index (χ0) is 13.5. The summed E-state index contributed by atoms with van der Waals surface area (Å²) >= 11 is 0. The van der Waals surface area contributed by atoms with Gasteiger partial charge in [0.1, 0.15) is 5.82 Å². The average Bonchev–Trinajstić information content (AvgIpc) is 2.44. The maximum atomic E-state index is 5.43. The number of aromatic nitrogens is 3. The van der Waals surface area contributed by atoms with E-state index in [2.05, 4.69) is 27.2 Å². The molecule has 0 saturated heterocycles. The van der Waals surface area contributed by atoms with Crippen LogP contribution >= 0.6 is 0 Å². The average molecular weight is 258 g/mol. The third kappa shape index (κ3) is 4.21. The van der Waals surface area contributed by atoms with Gasteiger partial charge in [0.15, 0.2) is 0 Å². The Balaban J connectivity index is 1.89. The molecule has 0 unspecified atom stereocenters. The summed E-state index contributed by atoms with van der Waals surface area (Å²) in [5.41, 5.74) is 1.97. The number of nitrogens with one attached hydrogen (secondary N) is 1. The van der Waals surface area contributed by atoms with Crippen LogP contribution in [0.5, 0.6) is 5.88 Å². The topological polar surface area (TPSA) is 59.9 Å². The normalized spacial score (nSPS) is 10.2. The van der Waals surface area contributed by atoms with Gasteiger partial charge < -0.3 is 10.1 Å². The van der Waals surface area contributed by atoms with E-state index in [9.17, 15) is 0 Å². The maximum absolute atomic E-state index is 5.43. The van der Waals surface area contributed by atoms with Gasteiger partial charge in [-0.05, 0) is 18.9 Å². The van der Waals surface area contributed by atoms with Crippen LogP contribution in [0.3, 0.4) is 0 Å². The fourth-order valence-corrected chi connectivity index (χ4v) is 1.55. The molecule has 0 radical (unpaired) electrons. The maximum Gasteiger partial charge on any atom is 0.213 e. The molecule has 2 rings (SSSR count). The lowest BCUT2D eigenvalue weighted by Gasteiger charge is -2.07. The van der Waals surface area contributed by atoms with Gasteiger partial charge in [0.05, 0.1) is 18.5 Å². The van der Waals surface area contributed by atoms with Gasteiger partial charge in [-0.15, -0.1) is 0 Å². The minimum Gasteiger partial charge on any atom is -0.478 e. The van der Waals surface area contributed by atoms with Crippen molar-refractivity contribution in [2.45, 2.75) is 26.8 Å². The van der Waals surface area contributed by atoms with Crippen molar-refractivity contribution in [3.8, 4) is 5.88 Å². The van der Waals surface area contributed by atoms with Crippen molar-refractivity contribution >= 4 is 5.82 Å². The van der Waals surface area contributed by atoms with Crippen molar-refractivity contribution in [2.75, 3.05) is 11.9 Å². The van der Waals surface area contributed by atoms with E-state index in [1.165, 1.54) is 0 Å². The number of hydrogen-bond acceptors (Lipinski definition) is 5. The number of rotatable bonds is 6. The lowest BCUT2D eigenvalue weighted by atomic mass is 10.3. The van der Waals surface area contributed by atoms with Crippen LogP contribution in [0.25, 0.3) is 0 Å². The van der Waals surface area contributed by atoms with Gasteiger partial charge >= 0.3 is 0 Å². The molecule has 5 heteroatoms. The van der Waals surface area contributed by atoms with Crippen molar-refractivity contribution in [3.63, 3.8) is 0 Å². The van der Waals surface area contributed by atoms with E-state index in [1.807, 2.05) is 19.1 Å². The zero-order valence-corrected chi connectivity index (χ0v) is 11.3. The molecule has 0 spiro atoms. The Morgan fingerprint density at radius 2 is 2.11 bits per heavy atom. The Hall–Kier alpha value is -2.17. The molecule has 2 heterocycles. The minimum absolute atomic E-state index is 0.666. The molecule has 19 heavy (non-hydrogen) atoms. The van der Waals surface area contributed by atoms with Gasteiger partial charge in [0.2, 0.25) is 5.88 Å². The summed E-state index contributed by atoms with van der Waals surface area (Å²) in [6.45, 7) is 5.35. The smallest absolute Gasteiger partial charge is 0.213 e. The van der Waals surface area contributed by atoms with Gasteiger partial charge in [0, 0.05) is 25.0 Å². The summed E-state index contributed by atoms with van der Waals surface area (Å²) < 4.78 is 5.43. The molecule has 0 aromatic carbocycles. The molecule has 0 amide bonds. The Morgan fingerprint density at radius 1 is 1.21 bits per heavy atom. The second-order valence-electron chi connectivity index (χ2n) is 4.25. The molecule has 5 nitrogen and oxygen atoms in total. The van der Waals surface area contributed by atoms with Crippen LogP contribution < -0.4 is 10.1 Å². The second kappa shape index (κ2) is 6.68. The number of nitrogens with zero attached hydrogens (tertiary/aromatic N) is 3. The Morgan fingerprint density at radius 3 is 2.79 bits per heavy atom. The molecule has 0 fully saturated rings. The first-order chi connectivity index (χ1) is 9.28. The van der Waals surface area contributed by atoms with Crippen LogP contribution in [-0.4, -0.2) is 21.6 Å². The van der Waals surface area contributed by atoms with Gasteiger partial charge in [0.25, 0.3) is 0 Å². The number of anilines is 1. The first kappa shape index (κ1) is 13.3. The fraction of sp³-hybridized carbons (Fsp3) is 0.357. The van der Waals surface area contributed by atoms with E-state index in [4.69, 9.17) is 4.74 Å². The third-order valence-electron chi connectivity index (χ3n) is 2.48. The van der Waals surface area contributed by atoms with E-state index in [1.54, 1.807) is 18.6 Å². The lowest BCUT2D eigenvalue weighted by molar-refractivity contribution is 0.305. The number of ether oxygens (including phenoxy) is 1. The predicted molar refractivity (Wildman–Crippen MR) is 74.1 cm³/mol. The highest BCUT2D eigenvalue weighted by Gasteiger charge is 1.98. The highest BCUT2D eigenvalue weighted by atomic mass is 16.5. The van der Waals surface area contributed by atoms with Gasteiger partial charge in [-0.3, -0.25) is 4.98 Å². The highest BCUT2D eigenvalue weighted by molar-refractivity contribution is 5.33. The van der Waals surface area contributed by atoms with E-state index >= 15 is 0 Å². The van der Waals surface area contributed by atoms with Crippen molar-refractivity contribution in [1.29, 1.82) is 0 Å². The molecular weight excluding hydrogens is 240 g/mol. The molecule has 1 N–H and O–H groups in total. The summed E-state index contributed by atoms with van der Waals surface area (Å²) in [7, 11) is 0. The summed E-state index contributed by atoms with van der Waals surface area (Å²) in [4.78, 5) is 12.7. The second-order valence-corrected chi connectivity index (χ2v) is 4.25. The first-order valence-corrected chi connectivity index (χ1v) is 6.38. The van der Waals surface area contributed by atoms with Crippen molar-refractivity contribution in [1.82, 2.24) is 15.0 Å². The number of hydrogen-bond donors (Lipinski definition) is 1. The molecule has 0 aliphatic carbocycles. The van der Waals surface area contributed by atoms with Gasteiger partial charge in [-0.1, -0.05) is 13.0 Å². The molecule has 0 saturated carbocycles. The molecule has 2 aromatic heterocycles. The minimum atomic E-state index is 0.666. The van der Waals surface area contributed by atoms with Crippen LogP contribution in [0, 0.1) is 6.92 Å². The molecule has 0 aliphatic rings. The monoisotopic (exact) mass is 258 g/mol. The number of pyridine rings is 1. The fourth-order valence-electron chi connectivity index (χ4n) is 1.55. The molecule has 2 aromatic rings. The molecule has 0 bridgehead atoms.